The summed E-state index contributed by atoms with van der Waals surface area (Å²) in [4.78, 5) is 0. The second-order valence-electron chi connectivity index (χ2n) is 6.86. The molecule has 0 amide bonds. The molecule has 0 heterocycles. The fourth-order valence-electron chi connectivity index (χ4n) is 3.45. The molecule has 2 aromatic rings. The average molecular weight is 406 g/mol. The van der Waals surface area contributed by atoms with E-state index >= 15 is 0 Å². The van der Waals surface area contributed by atoms with Gasteiger partial charge < -0.3 is 0 Å². The Balaban J connectivity index is 2.00. The molecule has 25 heavy (non-hydrogen) atoms. The molecule has 0 bridgehead atoms. The molecule has 126 valence electrons. The topological polar surface area (TPSA) is 0 Å². The van der Waals surface area contributed by atoms with Crippen molar-refractivity contribution in [2.45, 2.75) is 38.2 Å². The van der Waals surface area contributed by atoms with Gasteiger partial charge in [0.15, 0.2) is 0 Å². The van der Waals surface area contributed by atoms with Crippen molar-refractivity contribution >= 4 is 6.08 Å². The number of hydrogen-bond donors (Lipinski definition) is 0. The van der Waals surface area contributed by atoms with E-state index in [0.29, 0.717) is 3.63 Å². The van der Waals surface area contributed by atoms with Crippen LogP contribution < -0.4 is 0 Å². The van der Waals surface area contributed by atoms with Crippen LogP contribution >= 0.6 is 0 Å². The van der Waals surface area contributed by atoms with Gasteiger partial charge in [-0.3, -0.25) is 0 Å². The standard InChI is InChI=1S/C16H13.C8H13.Zr/c1-12-10-14-8-5-9-15(16(14)11-12)13-6-3-2-4-7-13;1-5-7(3)8(4)6-2;/h2-11H,1H3;5H,1-4H3;/b;7-5+,8-6?;. The van der Waals surface area contributed by atoms with E-state index in [4.69, 9.17) is 0 Å². The third-order valence-corrected chi connectivity index (χ3v) is 9.89. The van der Waals surface area contributed by atoms with E-state index in [-0.39, 0.29) is 0 Å². The minimum absolute atomic E-state index is 0.668. The third-order valence-electron chi connectivity index (χ3n) is 5.31. The van der Waals surface area contributed by atoms with Crippen molar-refractivity contribution in [2.24, 2.45) is 0 Å². The first-order chi connectivity index (χ1) is 12.0. The van der Waals surface area contributed by atoms with Crippen molar-refractivity contribution in [2.75, 3.05) is 0 Å². The molecule has 1 aliphatic rings. The van der Waals surface area contributed by atoms with Crippen LogP contribution in [0.15, 0.2) is 74.6 Å². The number of fused-ring (bicyclic) bond motifs is 1. The second kappa shape index (κ2) is 7.83. The van der Waals surface area contributed by atoms with Gasteiger partial charge in [0.05, 0.1) is 0 Å². The van der Waals surface area contributed by atoms with Crippen LogP contribution in [0.3, 0.4) is 0 Å². The van der Waals surface area contributed by atoms with Crippen molar-refractivity contribution < 1.29 is 23.2 Å². The first-order valence-electron chi connectivity index (χ1n) is 8.96. The van der Waals surface area contributed by atoms with Crippen LogP contribution in [0.4, 0.5) is 0 Å². The summed E-state index contributed by atoms with van der Waals surface area (Å²) in [6, 6.07) is 17.6. The molecular formula is C24H26Zr. The molecule has 1 atom stereocenters. The van der Waals surface area contributed by atoms with Crippen LogP contribution in [0, 0.1) is 0 Å². The van der Waals surface area contributed by atoms with Crippen LogP contribution in [0.5, 0.6) is 0 Å². The first-order valence-corrected chi connectivity index (χ1v) is 11.6. The Labute approximate surface area is 163 Å². The molecule has 3 rings (SSSR count). The van der Waals surface area contributed by atoms with Gasteiger partial charge in [-0.25, -0.2) is 0 Å². The van der Waals surface area contributed by atoms with Crippen LogP contribution in [0.25, 0.3) is 17.2 Å². The Hall–Kier alpha value is -1.46. The summed E-state index contributed by atoms with van der Waals surface area (Å²) in [5.41, 5.74) is 10.2. The van der Waals surface area contributed by atoms with Crippen LogP contribution in [-0.2, 0) is 23.2 Å². The van der Waals surface area contributed by atoms with E-state index in [2.05, 4.69) is 95.3 Å². The Bertz CT molecular complexity index is 866. The molecule has 1 unspecified atom stereocenters. The molecule has 0 spiro atoms. The maximum absolute atomic E-state index is 2.44. The van der Waals surface area contributed by atoms with Crippen molar-refractivity contribution in [3.05, 3.63) is 85.7 Å². The molecular weight excluding hydrogens is 379 g/mol. The molecule has 2 aromatic carbocycles. The number of hydrogen-bond acceptors (Lipinski definition) is 0. The molecule has 0 saturated carbocycles. The molecule has 1 heteroatoms. The van der Waals surface area contributed by atoms with Gasteiger partial charge in [0, 0.05) is 0 Å². The molecule has 1 aliphatic carbocycles. The second-order valence-corrected chi connectivity index (χ2v) is 10.8. The van der Waals surface area contributed by atoms with Gasteiger partial charge in [-0.1, -0.05) is 0 Å². The zero-order valence-electron chi connectivity index (χ0n) is 15.9. The normalized spacial score (nSPS) is 17.7. The number of rotatable bonds is 4. The molecule has 0 radical (unpaired) electrons. The zero-order valence-corrected chi connectivity index (χ0v) is 18.3. The van der Waals surface area contributed by atoms with E-state index in [1.165, 1.54) is 27.8 Å². The summed E-state index contributed by atoms with van der Waals surface area (Å²) in [5, 5.41) is 0. The fourth-order valence-corrected chi connectivity index (χ4v) is 7.30. The molecule has 0 N–H and O–H groups in total. The summed E-state index contributed by atoms with van der Waals surface area (Å²) in [7, 11) is 0. The Morgan fingerprint density at radius 2 is 1.68 bits per heavy atom. The minimum atomic E-state index is -0.698. The van der Waals surface area contributed by atoms with Crippen LogP contribution in [0.1, 0.15) is 49.4 Å². The first kappa shape index (κ1) is 18.3. The maximum atomic E-state index is 2.44. The monoisotopic (exact) mass is 404 g/mol. The van der Waals surface area contributed by atoms with Crippen molar-refractivity contribution in [3.8, 4) is 11.1 Å². The van der Waals surface area contributed by atoms with E-state index in [1.807, 2.05) is 0 Å². The van der Waals surface area contributed by atoms with Crippen LogP contribution in [0.2, 0.25) is 0 Å². The van der Waals surface area contributed by atoms with E-state index in [0.717, 1.165) is 0 Å². The van der Waals surface area contributed by atoms with Crippen molar-refractivity contribution in [1.29, 1.82) is 0 Å². The van der Waals surface area contributed by atoms with E-state index in [1.54, 1.807) is 14.4 Å². The summed E-state index contributed by atoms with van der Waals surface area (Å²) in [5.74, 6) is 0. The van der Waals surface area contributed by atoms with Gasteiger partial charge in [0.25, 0.3) is 0 Å². The molecule has 0 saturated heterocycles. The van der Waals surface area contributed by atoms with Gasteiger partial charge in [-0.15, -0.1) is 0 Å². The predicted octanol–water partition coefficient (Wildman–Crippen LogP) is 7.15. The third kappa shape index (κ3) is 3.72. The fraction of sp³-hybridized carbons (Fsp3) is 0.250. The quantitative estimate of drug-likeness (QED) is 0.474. The predicted molar refractivity (Wildman–Crippen MR) is 106 cm³/mol. The van der Waals surface area contributed by atoms with Crippen molar-refractivity contribution in [3.63, 3.8) is 0 Å². The van der Waals surface area contributed by atoms with Gasteiger partial charge in [-0.05, 0) is 0 Å². The van der Waals surface area contributed by atoms with E-state index in [9.17, 15) is 0 Å². The summed E-state index contributed by atoms with van der Waals surface area (Å²) >= 11 is -0.698. The molecule has 0 fully saturated rings. The summed E-state index contributed by atoms with van der Waals surface area (Å²) in [6.45, 7) is 11.4. The summed E-state index contributed by atoms with van der Waals surface area (Å²) in [6.07, 6.45) is 4.67. The van der Waals surface area contributed by atoms with Gasteiger partial charge in [0.1, 0.15) is 0 Å². The van der Waals surface area contributed by atoms with Crippen molar-refractivity contribution in [1.82, 2.24) is 0 Å². The Morgan fingerprint density at radius 3 is 2.36 bits per heavy atom. The van der Waals surface area contributed by atoms with Gasteiger partial charge in [-0.2, -0.15) is 0 Å². The zero-order chi connectivity index (χ0) is 18.0. The van der Waals surface area contributed by atoms with Crippen LogP contribution in [-0.4, -0.2) is 0 Å². The average Bonchev–Trinajstić information content (AvgIpc) is 2.96. The van der Waals surface area contributed by atoms with Gasteiger partial charge in [0.2, 0.25) is 0 Å². The SMILES string of the molecule is C/C=C(C)/C(C)=[C](\C)[Zr][CH]1C(C)=Cc2c(-c3ccccc3)cccc21. The van der Waals surface area contributed by atoms with E-state index < -0.39 is 23.2 Å². The molecule has 0 aromatic heterocycles. The van der Waals surface area contributed by atoms with Gasteiger partial charge >= 0.3 is 164 Å². The molecule has 0 aliphatic heterocycles. The number of allylic oxidation sites excluding steroid dienone is 5. The molecule has 0 nitrogen and oxygen atoms in total. The Kier molecular flexibility index (Phi) is 5.75. The summed E-state index contributed by atoms with van der Waals surface area (Å²) < 4.78 is 2.33. The number of benzene rings is 2. The Morgan fingerprint density at radius 1 is 0.960 bits per heavy atom.